The molecule has 0 aromatic carbocycles. The number of nitrogens with two attached hydrogens (primary N) is 1. The van der Waals surface area contributed by atoms with E-state index < -0.39 is 5.54 Å². The van der Waals surface area contributed by atoms with E-state index in [-0.39, 0.29) is 35.9 Å². The van der Waals surface area contributed by atoms with E-state index in [0.717, 1.165) is 6.42 Å². The van der Waals surface area contributed by atoms with E-state index in [1.54, 1.807) is 7.11 Å². The predicted octanol–water partition coefficient (Wildman–Crippen LogP) is 1.48. The summed E-state index contributed by atoms with van der Waals surface area (Å²) in [5, 5.41) is 2.98. The molecule has 1 rings (SSSR count). The van der Waals surface area contributed by atoms with Crippen molar-refractivity contribution in [2.24, 2.45) is 11.1 Å². The lowest BCUT2D eigenvalue weighted by Crippen LogP contribution is -2.76. The van der Waals surface area contributed by atoms with E-state index in [9.17, 15) is 4.79 Å². The lowest BCUT2D eigenvalue weighted by Gasteiger charge is -2.57. The molecule has 0 heterocycles. The molecule has 3 atom stereocenters. The highest BCUT2D eigenvalue weighted by Crippen LogP contribution is 2.49. The van der Waals surface area contributed by atoms with Crippen LogP contribution in [0.1, 0.15) is 40.5 Å². The van der Waals surface area contributed by atoms with Gasteiger partial charge in [-0.2, -0.15) is 0 Å². The molecule has 0 bridgehead atoms. The minimum Gasteiger partial charge on any atom is -0.383 e. The Kier molecular flexibility index (Phi) is 7.46. The summed E-state index contributed by atoms with van der Waals surface area (Å²) < 4.78 is 10.7. The first-order chi connectivity index (χ1) is 8.83. The SMILES string of the molecule is CCOC1CC(N)(C(=O)NC(CC)COC)C1(C)C.Cl. The number of hydrogen-bond acceptors (Lipinski definition) is 4. The van der Waals surface area contributed by atoms with Crippen LogP contribution in [0.2, 0.25) is 0 Å². The molecule has 1 amide bonds. The lowest BCUT2D eigenvalue weighted by molar-refractivity contribution is -0.171. The summed E-state index contributed by atoms with van der Waals surface area (Å²) in [6, 6.07) is 0.0138. The highest BCUT2D eigenvalue weighted by molar-refractivity contribution is 5.89. The fourth-order valence-electron chi connectivity index (χ4n) is 2.60. The van der Waals surface area contributed by atoms with Gasteiger partial charge < -0.3 is 20.5 Å². The molecule has 3 unspecified atom stereocenters. The fourth-order valence-corrected chi connectivity index (χ4v) is 2.60. The predicted molar refractivity (Wildman–Crippen MR) is 82.1 cm³/mol. The van der Waals surface area contributed by atoms with E-state index >= 15 is 0 Å². The van der Waals surface area contributed by atoms with Crippen molar-refractivity contribution in [3.8, 4) is 0 Å². The molecule has 0 aliphatic heterocycles. The topological polar surface area (TPSA) is 73.6 Å². The van der Waals surface area contributed by atoms with Crippen LogP contribution in [-0.2, 0) is 14.3 Å². The Balaban J connectivity index is 0.00000361. The summed E-state index contributed by atoms with van der Waals surface area (Å²) in [4.78, 5) is 12.4. The van der Waals surface area contributed by atoms with Crippen LogP contribution in [0, 0.1) is 5.41 Å². The summed E-state index contributed by atoms with van der Waals surface area (Å²) in [7, 11) is 1.63. The number of halogens is 1. The molecule has 120 valence electrons. The van der Waals surface area contributed by atoms with Crippen LogP contribution >= 0.6 is 12.4 Å². The van der Waals surface area contributed by atoms with Crippen molar-refractivity contribution >= 4 is 18.3 Å². The van der Waals surface area contributed by atoms with Crippen molar-refractivity contribution in [1.29, 1.82) is 0 Å². The van der Waals surface area contributed by atoms with Crippen molar-refractivity contribution in [1.82, 2.24) is 5.32 Å². The fraction of sp³-hybridized carbons (Fsp3) is 0.929. The second-order valence-corrected chi connectivity index (χ2v) is 5.88. The summed E-state index contributed by atoms with van der Waals surface area (Å²) in [6.07, 6.45) is 1.45. The van der Waals surface area contributed by atoms with Gasteiger partial charge in [-0.25, -0.2) is 0 Å². The normalized spacial score (nSPS) is 29.0. The zero-order valence-electron chi connectivity index (χ0n) is 13.2. The van der Waals surface area contributed by atoms with E-state index in [1.807, 2.05) is 27.7 Å². The average Bonchev–Trinajstić information content (AvgIpc) is 2.37. The number of hydrogen-bond donors (Lipinski definition) is 2. The third-order valence-electron chi connectivity index (χ3n) is 4.43. The van der Waals surface area contributed by atoms with Crippen LogP contribution < -0.4 is 11.1 Å². The van der Waals surface area contributed by atoms with Gasteiger partial charge in [-0.15, -0.1) is 12.4 Å². The van der Waals surface area contributed by atoms with Gasteiger partial charge in [-0.1, -0.05) is 20.8 Å². The first-order valence-corrected chi connectivity index (χ1v) is 7.03. The van der Waals surface area contributed by atoms with Crippen LogP contribution in [0.3, 0.4) is 0 Å². The first kappa shape index (κ1) is 19.6. The van der Waals surface area contributed by atoms with Crippen molar-refractivity contribution in [2.45, 2.75) is 58.2 Å². The van der Waals surface area contributed by atoms with Gasteiger partial charge >= 0.3 is 0 Å². The van der Waals surface area contributed by atoms with Crippen LogP contribution in [0.5, 0.6) is 0 Å². The van der Waals surface area contributed by atoms with Crippen molar-refractivity contribution in [3.63, 3.8) is 0 Å². The van der Waals surface area contributed by atoms with Gasteiger partial charge in [-0.05, 0) is 13.3 Å². The Hall–Kier alpha value is -0.360. The lowest BCUT2D eigenvalue weighted by atomic mass is 9.54. The number of carbonyl (C=O) groups is 1. The quantitative estimate of drug-likeness (QED) is 0.747. The molecular formula is C14H29ClN2O3. The first-order valence-electron chi connectivity index (χ1n) is 7.03. The Morgan fingerprint density at radius 3 is 2.45 bits per heavy atom. The summed E-state index contributed by atoms with van der Waals surface area (Å²) >= 11 is 0. The molecule has 1 aliphatic carbocycles. The molecule has 1 aliphatic rings. The average molecular weight is 309 g/mol. The van der Waals surface area contributed by atoms with Crippen LogP contribution in [0.15, 0.2) is 0 Å². The Morgan fingerprint density at radius 2 is 2.05 bits per heavy atom. The number of ether oxygens (including phenoxy) is 2. The molecule has 3 N–H and O–H groups in total. The summed E-state index contributed by atoms with van der Waals surface area (Å²) in [6.45, 7) is 9.11. The Morgan fingerprint density at radius 1 is 1.45 bits per heavy atom. The van der Waals surface area contributed by atoms with Crippen LogP contribution in [-0.4, -0.2) is 43.9 Å². The summed E-state index contributed by atoms with van der Waals surface area (Å²) in [5.41, 5.74) is 5.11. The van der Waals surface area contributed by atoms with E-state index in [1.165, 1.54) is 0 Å². The summed E-state index contributed by atoms with van der Waals surface area (Å²) in [5.74, 6) is -0.0997. The highest BCUT2D eigenvalue weighted by Gasteiger charge is 2.62. The maximum atomic E-state index is 12.4. The van der Waals surface area contributed by atoms with E-state index in [0.29, 0.717) is 19.6 Å². The maximum absolute atomic E-state index is 12.4. The van der Waals surface area contributed by atoms with Gasteiger partial charge in [0.05, 0.1) is 18.8 Å². The van der Waals surface area contributed by atoms with Gasteiger partial charge in [0, 0.05) is 25.6 Å². The van der Waals surface area contributed by atoms with Crippen molar-refractivity contribution < 1.29 is 14.3 Å². The van der Waals surface area contributed by atoms with Gasteiger partial charge in [0.1, 0.15) is 5.54 Å². The number of rotatable bonds is 7. The van der Waals surface area contributed by atoms with Crippen molar-refractivity contribution in [2.75, 3.05) is 20.3 Å². The van der Waals surface area contributed by atoms with Gasteiger partial charge in [-0.3, -0.25) is 4.79 Å². The molecule has 1 fully saturated rings. The molecule has 0 aromatic heterocycles. The van der Waals surface area contributed by atoms with Gasteiger partial charge in [0.25, 0.3) is 0 Å². The molecule has 20 heavy (non-hydrogen) atoms. The molecule has 5 nitrogen and oxygen atoms in total. The standard InChI is InChI=1S/C14H28N2O3.ClH/c1-6-10(9-18-5)16-12(17)14(15)8-11(19-7-2)13(14,3)4;/h10-11H,6-9,15H2,1-5H3,(H,16,17);1H. The smallest absolute Gasteiger partial charge is 0.241 e. The van der Waals surface area contributed by atoms with Crippen LogP contribution in [0.25, 0.3) is 0 Å². The Labute approximate surface area is 128 Å². The maximum Gasteiger partial charge on any atom is 0.241 e. The zero-order valence-corrected chi connectivity index (χ0v) is 14.0. The molecule has 0 spiro atoms. The number of carbonyl (C=O) groups excluding carboxylic acids is 1. The molecule has 0 saturated heterocycles. The largest absolute Gasteiger partial charge is 0.383 e. The molecule has 0 aromatic rings. The molecular weight excluding hydrogens is 280 g/mol. The molecule has 1 saturated carbocycles. The second-order valence-electron chi connectivity index (χ2n) is 5.88. The number of amides is 1. The van der Waals surface area contributed by atoms with Gasteiger partial charge in [0.2, 0.25) is 5.91 Å². The third-order valence-corrected chi connectivity index (χ3v) is 4.43. The molecule has 6 heteroatoms. The molecule has 0 radical (unpaired) electrons. The number of methoxy groups -OCH3 is 1. The second kappa shape index (κ2) is 7.59. The van der Waals surface area contributed by atoms with Gasteiger partial charge in [0.15, 0.2) is 0 Å². The minimum absolute atomic E-state index is 0. The zero-order chi connectivity index (χ0) is 14.7. The van der Waals surface area contributed by atoms with E-state index in [2.05, 4.69) is 5.32 Å². The highest BCUT2D eigenvalue weighted by atomic mass is 35.5. The van der Waals surface area contributed by atoms with Crippen LogP contribution in [0.4, 0.5) is 0 Å². The third kappa shape index (κ3) is 3.45. The minimum atomic E-state index is -0.853. The number of nitrogens with one attached hydrogen (secondary N) is 1. The monoisotopic (exact) mass is 308 g/mol. The van der Waals surface area contributed by atoms with E-state index in [4.69, 9.17) is 15.2 Å². The van der Waals surface area contributed by atoms with Crippen molar-refractivity contribution in [3.05, 3.63) is 0 Å². The Bertz CT molecular complexity index is 326.